The van der Waals surface area contributed by atoms with Crippen molar-refractivity contribution in [2.75, 3.05) is 18.1 Å². The Kier molecular flexibility index (Phi) is 4.31. The molecule has 0 radical (unpaired) electrons. The van der Waals surface area contributed by atoms with Crippen LogP contribution in [0.15, 0.2) is 24.3 Å². The number of nitrogens with one attached hydrogen (secondary N) is 2. The van der Waals surface area contributed by atoms with E-state index in [0.29, 0.717) is 12.1 Å². The van der Waals surface area contributed by atoms with E-state index in [-0.39, 0.29) is 0 Å². The number of rotatable bonds is 2. The predicted octanol–water partition coefficient (Wildman–Crippen LogP) is 1.72. The fourth-order valence-corrected chi connectivity index (χ4v) is 4.38. The largest absolute Gasteiger partial charge is 0.313 e. The van der Waals surface area contributed by atoms with Gasteiger partial charge in [0.2, 0.25) is 0 Å². The molecule has 0 aliphatic carbocycles. The molecule has 3 rings (SSSR count). The Morgan fingerprint density at radius 1 is 1.16 bits per heavy atom. The van der Waals surface area contributed by atoms with Gasteiger partial charge in [-0.25, -0.2) is 0 Å². The van der Waals surface area contributed by atoms with Crippen molar-refractivity contribution in [3.05, 3.63) is 35.4 Å². The van der Waals surface area contributed by atoms with Crippen LogP contribution in [-0.4, -0.2) is 28.3 Å². The third kappa shape index (κ3) is 3.25. The molecule has 1 fully saturated rings. The van der Waals surface area contributed by atoms with Crippen LogP contribution in [0, 0.1) is 0 Å². The second-order valence-corrected chi connectivity index (χ2v) is 7.20. The molecule has 1 unspecified atom stereocenters. The summed E-state index contributed by atoms with van der Waals surface area (Å²) >= 11 is 0. The van der Waals surface area contributed by atoms with Crippen LogP contribution < -0.4 is 10.6 Å². The van der Waals surface area contributed by atoms with E-state index in [4.69, 9.17) is 0 Å². The Labute approximate surface area is 117 Å². The van der Waals surface area contributed by atoms with Gasteiger partial charge in [-0.3, -0.25) is 4.21 Å². The molecular weight excluding hydrogens is 256 g/mol. The molecule has 4 heteroatoms. The van der Waals surface area contributed by atoms with Crippen LogP contribution in [0.2, 0.25) is 0 Å². The molecule has 1 saturated heterocycles. The van der Waals surface area contributed by atoms with Crippen molar-refractivity contribution in [2.24, 2.45) is 0 Å². The van der Waals surface area contributed by atoms with E-state index in [0.717, 1.165) is 43.9 Å². The summed E-state index contributed by atoms with van der Waals surface area (Å²) in [4.78, 5) is 0. The molecule has 19 heavy (non-hydrogen) atoms. The number of hydrogen-bond donors (Lipinski definition) is 2. The molecule has 0 spiro atoms. The standard InChI is InChI=1S/C15H22N2OS/c18-19-9-6-13(7-10-19)17-15-5-8-16-11-12-3-1-2-4-14(12)15/h1-4,13,15-17H,5-11H2. The van der Waals surface area contributed by atoms with Gasteiger partial charge in [-0.2, -0.15) is 0 Å². The highest BCUT2D eigenvalue weighted by Gasteiger charge is 2.23. The fraction of sp³-hybridized carbons (Fsp3) is 0.600. The second-order valence-electron chi connectivity index (χ2n) is 5.51. The molecule has 1 aromatic rings. The quantitative estimate of drug-likeness (QED) is 0.865. The van der Waals surface area contributed by atoms with E-state index < -0.39 is 10.8 Å². The Morgan fingerprint density at radius 2 is 1.95 bits per heavy atom. The summed E-state index contributed by atoms with van der Waals surface area (Å²) in [6.45, 7) is 2.04. The highest BCUT2D eigenvalue weighted by molar-refractivity contribution is 7.85. The Morgan fingerprint density at radius 3 is 2.79 bits per heavy atom. The van der Waals surface area contributed by atoms with Crippen molar-refractivity contribution >= 4 is 10.8 Å². The van der Waals surface area contributed by atoms with Gasteiger partial charge in [0.15, 0.2) is 0 Å². The van der Waals surface area contributed by atoms with Gasteiger partial charge in [-0.1, -0.05) is 24.3 Å². The van der Waals surface area contributed by atoms with E-state index >= 15 is 0 Å². The molecule has 1 aromatic carbocycles. The first-order valence-electron chi connectivity index (χ1n) is 7.22. The maximum atomic E-state index is 11.4. The van der Waals surface area contributed by atoms with Crippen LogP contribution in [0.5, 0.6) is 0 Å². The van der Waals surface area contributed by atoms with Crippen LogP contribution >= 0.6 is 0 Å². The zero-order valence-electron chi connectivity index (χ0n) is 11.2. The van der Waals surface area contributed by atoms with E-state index in [1.807, 2.05) is 0 Å². The van der Waals surface area contributed by atoms with E-state index in [1.165, 1.54) is 11.1 Å². The summed E-state index contributed by atoms with van der Waals surface area (Å²) in [5, 5.41) is 7.29. The highest BCUT2D eigenvalue weighted by atomic mass is 32.2. The lowest BCUT2D eigenvalue weighted by Gasteiger charge is -2.28. The van der Waals surface area contributed by atoms with Crippen LogP contribution in [0.4, 0.5) is 0 Å². The molecule has 0 bridgehead atoms. The highest BCUT2D eigenvalue weighted by Crippen LogP contribution is 2.25. The Balaban J connectivity index is 1.72. The lowest BCUT2D eigenvalue weighted by Crippen LogP contribution is -2.38. The molecule has 2 aliphatic heterocycles. The zero-order valence-corrected chi connectivity index (χ0v) is 12.0. The third-order valence-electron chi connectivity index (χ3n) is 4.18. The molecule has 0 amide bonds. The average molecular weight is 278 g/mol. The lowest BCUT2D eigenvalue weighted by molar-refractivity contribution is 0.395. The molecule has 2 N–H and O–H groups in total. The van der Waals surface area contributed by atoms with Crippen LogP contribution in [-0.2, 0) is 17.3 Å². The molecule has 3 nitrogen and oxygen atoms in total. The van der Waals surface area contributed by atoms with Crippen molar-refractivity contribution in [3.8, 4) is 0 Å². The van der Waals surface area contributed by atoms with Gasteiger partial charge in [0.05, 0.1) is 0 Å². The SMILES string of the molecule is O=S1CCC(NC2CCNCc3ccccc32)CC1. The first-order valence-corrected chi connectivity index (χ1v) is 8.71. The maximum Gasteiger partial charge on any atom is 0.0337 e. The average Bonchev–Trinajstić information content (AvgIpc) is 2.64. The van der Waals surface area contributed by atoms with Gasteiger partial charge in [-0.05, 0) is 36.9 Å². The summed E-state index contributed by atoms with van der Waals surface area (Å²) < 4.78 is 11.4. The summed E-state index contributed by atoms with van der Waals surface area (Å²) in [6, 6.07) is 9.71. The molecular formula is C15H22N2OS. The minimum atomic E-state index is -0.568. The maximum absolute atomic E-state index is 11.4. The van der Waals surface area contributed by atoms with Crippen LogP contribution in [0.3, 0.4) is 0 Å². The van der Waals surface area contributed by atoms with E-state index in [2.05, 4.69) is 34.9 Å². The van der Waals surface area contributed by atoms with E-state index in [9.17, 15) is 4.21 Å². The second kappa shape index (κ2) is 6.16. The Bertz CT molecular complexity index is 453. The molecule has 0 saturated carbocycles. The Hall–Kier alpha value is -0.710. The number of hydrogen-bond acceptors (Lipinski definition) is 3. The third-order valence-corrected chi connectivity index (χ3v) is 5.56. The van der Waals surface area contributed by atoms with Crippen molar-refractivity contribution in [2.45, 2.75) is 37.9 Å². The first-order chi connectivity index (χ1) is 9.33. The van der Waals surface area contributed by atoms with Gasteiger partial charge in [0.1, 0.15) is 0 Å². The summed E-state index contributed by atoms with van der Waals surface area (Å²) in [5.41, 5.74) is 2.86. The summed E-state index contributed by atoms with van der Waals surface area (Å²) in [6.07, 6.45) is 3.24. The van der Waals surface area contributed by atoms with Crippen LogP contribution in [0.1, 0.15) is 36.4 Å². The molecule has 104 valence electrons. The van der Waals surface area contributed by atoms with Gasteiger partial charge < -0.3 is 10.6 Å². The molecule has 2 aliphatic rings. The van der Waals surface area contributed by atoms with Gasteiger partial charge in [0, 0.05) is 40.9 Å². The van der Waals surface area contributed by atoms with Crippen molar-refractivity contribution in [3.63, 3.8) is 0 Å². The smallest absolute Gasteiger partial charge is 0.0337 e. The topological polar surface area (TPSA) is 41.1 Å². The monoisotopic (exact) mass is 278 g/mol. The number of benzene rings is 1. The van der Waals surface area contributed by atoms with Gasteiger partial charge in [-0.15, -0.1) is 0 Å². The number of fused-ring (bicyclic) bond motifs is 1. The minimum Gasteiger partial charge on any atom is -0.313 e. The summed E-state index contributed by atoms with van der Waals surface area (Å²) in [7, 11) is -0.568. The fourth-order valence-electron chi connectivity index (χ4n) is 3.08. The van der Waals surface area contributed by atoms with Crippen LogP contribution in [0.25, 0.3) is 0 Å². The molecule has 0 aromatic heterocycles. The van der Waals surface area contributed by atoms with Crippen molar-refractivity contribution in [1.82, 2.24) is 10.6 Å². The lowest BCUT2D eigenvalue weighted by atomic mass is 9.97. The van der Waals surface area contributed by atoms with Crippen molar-refractivity contribution in [1.29, 1.82) is 0 Å². The first kappa shape index (κ1) is 13.3. The van der Waals surface area contributed by atoms with E-state index in [1.54, 1.807) is 0 Å². The molecule has 2 heterocycles. The van der Waals surface area contributed by atoms with Gasteiger partial charge in [0.25, 0.3) is 0 Å². The summed E-state index contributed by atoms with van der Waals surface area (Å²) in [5.74, 6) is 1.73. The minimum absolute atomic E-state index is 0.447. The van der Waals surface area contributed by atoms with Gasteiger partial charge >= 0.3 is 0 Å². The van der Waals surface area contributed by atoms with Crippen molar-refractivity contribution < 1.29 is 4.21 Å². The molecule has 1 atom stereocenters. The normalized spacial score (nSPS) is 31.5. The zero-order chi connectivity index (χ0) is 13.1. The predicted molar refractivity (Wildman–Crippen MR) is 79.5 cm³/mol.